The van der Waals surface area contributed by atoms with E-state index in [0.717, 1.165) is 19.3 Å². The smallest absolute Gasteiger partial charge is 0.342 e. The molecule has 1 N–H and O–H groups in total. The van der Waals surface area contributed by atoms with Crippen molar-refractivity contribution >= 4 is 5.97 Å². The van der Waals surface area contributed by atoms with Crippen LogP contribution in [-0.2, 0) is 13.0 Å². The number of aromatic carboxylic acids is 1. The summed E-state index contributed by atoms with van der Waals surface area (Å²) in [5, 5.41) is 12.4. The summed E-state index contributed by atoms with van der Waals surface area (Å²) < 4.78 is 14.6. The molecule has 0 radical (unpaired) electrons. The fraction of sp³-hybridized carbons (Fsp3) is 0.556. The summed E-state index contributed by atoms with van der Waals surface area (Å²) in [4.78, 5) is 10.8. The van der Waals surface area contributed by atoms with Crippen LogP contribution < -0.4 is 0 Å². The highest BCUT2D eigenvalue weighted by Gasteiger charge is 2.24. The van der Waals surface area contributed by atoms with Gasteiger partial charge < -0.3 is 5.11 Å². The van der Waals surface area contributed by atoms with E-state index >= 15 is 0 Å². The zero-order valence-corrected chi connectivity index (χ0v) is 7.66. The van der Waals surface area contributed by atoms with Crippen LogP contribution in [0.15, 0.2) is 0 Å². The molecular weight excluding hydrogens is 187 g/mol. The van der Waals surface area contributed by atoms with Gasteiger partial charge in [0.05, 0.1) is 5.69 Å². The quantitative estimate of drug-likeness (QED) is 0.743. The van der Waals surface area contributed by atoms with Crippen LogP contribution in [0.5, 0.6) is 0 Å². The van der Waals surface area contributed by atoms with E-state index in [1.54, 1.807) is 0 Å². The first-order chi connectivity index (χ1) is 6.70. The molecule has 76 valence electrons. The van der Waals surface area contributed by atoms with E-state index in [2.05, 4.69) is 5.10 Å². The normalized spacial score (nSPS) is 16.1. The summed E-state index contributed by atoms with van der Waals surface area (Å²) in [5.41, 5.74) is 0.291. The average molecular weight is 198 g/mol. The molecule has 0 aliphatic carbocycles. The Labute approximate surface area is 80.3 Å². The Morgan fingerprint density at radius 2 is 2.21 bits per heavy atom. The van der Waals surface area contributed by atoms with E-state index < -0.39 is 11.9 Å². The minimum Gasteiger partial charge on any atom is -0.477 e. The molecule has 2 heterocycles. The molecule has 0 spiro atoms. The number of carboxylic acid groups (broad SMARTS) is 1. The number of halogens is 1. The molecule has 0 aromatic carbocycles. The Hall–Kier alpha value is -1.39. The molecule has 0 saturated heterocycles. The highest BCUT2D eigenvalue weighted by molar-refractivity contribution is 5.89. The highest BCUT2D eigenvalue weighted by Crippen LogP contribution is 2.20. The maximum Gasteiger partial charge on any atom is 0.342 e. The Bertz CT molecular complexity index is 373. The molecule has 0 fully saturated rings. The number of rotatable bonds is 1. The molecule has 1 aromatic rings. The molecule has 1 aliphatic heterocycles. The molecule has 0 saturated carbocycles. The molecule has 4 nitrogen and oxygen atoms in total. The predicted molar refractivity (Wildman–Crippen MR) is 46.7 cm³/mol. The van der Waals surface area contributed by atoms with Crippen LogP contribution in [0, 0.1) is 5.95 Å². The number of nitrogens with zero attached hydrogens (tertiary/aromatic N) is 2. The van der Waals surface area contributed by atoms with E-state index in [9.17, 15) is 9.18 Å². The van der Waals surface area contributed by atoms with Gasteiger partial charge in [-0.3, -0.25) is 4.68 Å². The molecule has 0 amide bonds. The van der Waals surface area contributed by atoms with Crippen LogP contribution in [0.4, 0.5) is 4.39 Å². The number of hydrogen-bond donors (Lipinski definition) is 1. The zero-order valence-electron chi connectivity index (χ0n) is 7.66. The maximum absolute atomic E-state index is 13.1. The van der Waals surface area contributed by atoms with E-state index in [1.807, 2.05) is 0 Å². The van der Waals surface area contributed by atoms with Gasteiger partial charge in [-0.1, -0.05) is 6.42 Å². The van der Waals surface area contributed by atoms with Gasteiger partial charge in [0, 0.05) is 6.54 Å². The Kier molecular flexibility index (Phi) is 2.23. The number of aryl methyl sites for hydroxylation is 1. The van der Waals surface area contributed by atoms with Crippen LogP contribution in [-0.4, -0.2) is 20.9 Å². The monoisotopic (exact) mass is 198 g/mol. The van der Waals surface area contributed by atoms with Gasteiger partial charge in [0.1, 0.15) is 5.56 Å². The van der Waals surface area contributed by atoms with E-state index in [-0.39, 0.29) is 5.56 Å². The molecule has 1 aliphatic rings. The zero-order chi connectivity index (χ0) is 10.1. The highest BCUT2D eigenvalue weighted by atomic mass is 19.1. The minimum absolute atomic E-state index is 0.244. The van der Waals surface area contributed by atoms with Gasteiger partial charge >= 0.3 is 5.97 Å². The number of carbonyl (C=O) groups is 1. The van der Waals surface area contributed by atoms with Crippen LogP contribution in [0.25, 0.3) is 0 Å². The van der Waals surface area contributed by atoms with Gasteiger partial charge in [0.15, 0.2) is 0 Å². The molecular formula is C9H11FN2O2. The second kappa shape index (κ2) is 3.40. The van der Waals surface area contributed by atoms with Crippen LogP contribution in [0.1, 0.15) is 35.3 Å². The van der Waals surface area contributed by atoms with Gasteiger partial charge in [-0.05, 0) is 19.3 Å². The average Bonchev–Trinajstić information content (AvgIpc) is 2.31. The van der Waals surface area contributed by atoms with Crippen molar-refractivity contribution in [3.05, 3.63) is 17.2 Å². The standard InChI is InChI=1S/C9H11FN2O2/c10-8-7(9(13)14)6-4-2-1-3-5-12(6)11-8/h1-5H2,(H,13,14). The molecule has 1 aromatic heterocycles. The van der Waals surface area contributed by atoms with Crippen LogP contribution >= 0.6 is 0 Å². The van der Waals surface area contributed by atoms with Gasteiger partial charge in [-0.2, -0.15) is 4.39 Å². The molecule has 5 heteroatoms. The van der Waals surface area contributed by atoms with Crippen molar-refractivity contribution in [2.75, 3.05) is 0 Å². The lowest BCUT2D eigenvalue weighted by Crippen LogP contribution is -2.06. The Morgan fingerprint density at radius 3 is 2.93 bits per heavy atom. The van der Waals surface area contributed by atoms with Gasteiger partial charge in [0.25, 0.3) is 0 Å². The fourth-order valence-corrected chi connectivity index (χ4v) is 1.85. The van der Waals surface area contributed by atoms with Crippen molar-refractivity contribution in [2.45, 2.75) is 32.2 Å². The lowest BCUT2D eigenvalue weighted by Gasteiger charge is -2.00. The first-order valence-electron chi connectivity index (χ1n) is 4.68. The summed E-state index contributed by atoms with van der Waals surface area (Å²) in [7, 11) is 0. The van der Waals surface area contributed by atoms with Crippen LogP contribution in [0.2, 0.25) is 0 Å². The lowest BCUT2D eigenvalue weighted by molar-refractivity contribution is 0.0690. The number of fused-ring (bicyclic) bond motifs is 1. The molecule has 0 atom stereocenters. The summed E-state index contributed by atoms with van der Waals surface area (Å²) in [6.45, 7) is 0.625. The van der Waals surface area contributed by atoms with Gasteiger partial charge in [0.2, 0.25) is 5.95 Å². The predicted octanol–water partition coefficient (Wildman–Crippen LogP) is 1.45. The molecule has 14 heavy (non-hydrogen) atoms. The largest absolute Gasteiger partial charge is 0.477 e. The van der Waals surface area contributed by atoms with Crippen molar-refractivity contribution in [3.8, 4) is 0 Å². The number of hydrogen-bond acceptors (Lipinski definition) is 2. The van der Waals surface area contributed by atoms with Crippen molar-refractivity contribution in [1.82, 2.24) is 9.78 Å². The van der Waals surface area contributed by atoms with Crippen molar-refractivity contribution in [2.24, 2.45) is 0 Å². The number of carboxylic acids is 1. The second-order valence-corrected chi connectivity index (χ2v) is 3.45. The molecule has 0 unspecified atom stereocenters. The topological polar surface area (TPSA) is 55.1 Å². The Balaban J connectivity index is 2.49. The van der Waals surface area contributed by atoms with Gasteiger partial charge in [-0.15, -0.1) is 5.10 Å². The van der Waals surface area contributed by atoms with Gasteiger partial charge in [-0.25, -0.2) is 4.79 Å². The first kappa shape index (κ1) is 9.18. The minimum atomic E-state index is -1.22. The fourth-order valence-electron chi connectivity index (χ4n) is 1.85. The first-order valence-corrected chi connectivity index (χ1v) is 4.68. The van der Waals surface area contributed by atoms with Crippen molar-refractivity contribution in [3.63, 3.8) is 0 Å². The second-order valence-electron chi connectivity index (χ2n) is 3.45. The van der Waals surface area contributed by atoms with Crippen molar-refractivity contribution in [1.29, 1.82) is 0 Å². The summed E-state index contributed by atoms with van der Waals surface area (Å²) in [6, 6.07) is 0. The van der Waals surface area contributed by atoms with E-state index in [0.29, 0.717) is 18.7 Å². The SMILES string of the molecule is O=C(O)c1c(F)nn2c1CCCCC2. The third kappa shape index (κ3) is 1.38. The van der Waals surface area contributed by atoms with E-state index in [4.69, 9.17) is 5.11 Å². The Morgan fingerprint density at radius 1 is 1.43 bits per heavy atom. The van der Waals surface area contributed by atoms with Crippen LogP contribution in [0.3, 0.4) is 0 Å². The third-order valence-electron chi connectivity index (χ3n) is 2.51. The lowest BCUT2D eigenvalue weighted by atomic mass is 10.1. The number of aromatic nitrogens is 2. The molecule has 2 rings (SSSR count). The van der Waals surface area contributed by atoms with Crippen molar-refractivity contribution < 1.29 is 14.3 Å². The maximum atomic E-state index is 13.1. The van der Waals surface area contributed by atoms with E-state index in [1.165, 1.54) is 4.68 Å². The molecule has 0 bridgehead atoms. The third-order valence-corrected chi connectivity index (χ3v) is 2.51. The summed E-state index contributed by atoms with van der Waals surface area (Å²) in [6.07, 6.45) is 3.50. The summed E-state index contributed by atoms with van der Waals surface area (Å²) in [5.74, 6) is -2.07. The summed E-state index contributed by atoms with van der Waals surface area (Å²) >= 11 is 0.